The molecular formula is C34H31F3N6O3. The minimum Gasteiger partial charge on any atom is -0.497 e. The molecule has 3 aromatic heterocycles. The smallest absolute Gasteiger partial charge is 0.417 e. The Morgan fingerprint density at radius 3 is 2.52 bits per heavy atom. The number of fused-ring (bicyclic) bond motifs is 3. The number of amides is 1. The molecule has 1 atom stereocenters. The first-order chi connectivity index (χ1) is 22.2. The summed E-state index contributed by atoms with van der Waals surface area (Å²) in [6.07, 6.45) is 0.0671. The summed E-state index contributed by atoms with van der Waals surface area (Å²) in [6.45, 7) is 3.20. The standard InChI is InChI=1S/C34H31F3N6O3/c1-21(31-38-13-3-14-39-31)43(19-25-8-7-24(18-40-25)34(35,36)37)33(44)23-6-11-30-28(16-23)27-12-15-46-20-29(27)32(42-30)41-17-22-4-9-26(45-2)10-5-22/h3-11,13-14,16,18,21H,12,15,17,19-20H2,1-2H3,(H,41,42). The first-order valence-electron chi connectivity index (χ1n) is 14.7. The number of pyridine rings is 2. The molecule has 0 radical (unpaired) electrons. The molecule has 0 saturated carbocycles. The number of anilines is 1. The number of rotatable bonds is 9. The molecule has 0 aliphatic carbocycles. The van der Waals surface area contributed by atoms with E-state index >= 15 is 0 Å². The molecule has 46 heavy (non-hydrogen) atoms. The maximum atomic E-state index is 14.2. The highest BCUT2D eigenvalue weighted by atomic mass is 19.4. The lowest BCUT2D eigenvalue weighted by molar-refractivity contribution is -0.137. The van der Waals surface area contributed by atoms with Crippen LogP contribution in [0.1, 0.15) is 57.1 Å². The average Bonchev–Trinajstić information content (AvgIpc) is 3.09. The van der Waals surface area contributed by atoms with E-state index in [0.29, 0.717) is 43.3 Å². The van der Waals surface area contributed by atoms with E-state index in [1.807, 2.05) is 36.4 Å². The summed E-state index contributed by atoms with van der Waals surface area (Å²) in [5.74, 6) is 1.56. The van der Waals surface area contributed by atoms with Crippen LogP contribution in [0.2, 0.25) is 0 Å². The third kappa shape index (κ3) is 6.62. The van der Waals surface area contributed by atoms with Gasteiger partial charge in [0.2, 0.25) is 0 Å². The van der Waals surface area contributed by atoms with Crippen LogP contribution >= 0.6 is 0 Å². The minimum absolute atomic E-state index is 0.0488. The van der Waals surface area contributed by atoms with Gasteiger partial charge in [0, 0.05) is 41.6 Å². The lowest BCUT2D eigenvalue weighted by Gasteiger charge is -2.28. The average molecular weight is 629 g/mol. The number of halogens is 3. The van der Waals surface area contributed by atoms with Gasteiger partial charge in [0.25, 0.3) is 5.91 Å². The lowest BCUT2D eigenvalue weighted by Crippen LogP contribution is -2.34. The van der Waals surface area contributed by atoms with Gasteiger partial charge in [-0.25, -0.2) is 15.0 Å². The van der Waals surface area contributed by atoms with Crippen LogP contribution in [-0.2, 0) is 37.0 Å². The second-order valence-corrected chi connectivity index (χ2v) is 10.9. The topological polar surface area (TPSA) is 102 Å². The quantitative estimate of drug-likeness (QED) is 0.197. The number of aromatic nitrogens is 4. The second-order valence-electron chi connectivity index (χ2n) is 10.9. The number of hydrogen-bond donors (Lipinski definition) is 1. The number of benzene rings is 2. The van der Waals surface area contributed by atoms with Crippen LogP contribution in [0.25, 0.3) is 10.9 Å². The van der Waals surface area contributed by atoms with E-state index in [2.05, 4.69) is 20.3 Å². The predicted octanol–water partition coefficient (Wildman–Crippen LogP) is 6.54. The highest BCUT2D eigenvalue weighted by Crippen LogP contribution is 2.33. The Morgan fingerprint density at radius 1 is 1.04 bits per heavy atom. The number of carbonyl (C=O) groups excluding carboxylic acids is 1. The Hall–Kier alpha value is -5.10. The zero-order valence-corrected chi connectivity index (χ0v) is 25.2. The van der Waals surface area contributed by atoms with Crippen LogP contribution in [-0.4, -0.2) is 44.5 Å². The summed E-state index contributed by atoms with van der Waals surface area (Å²) in [5.41, 5.74) is 3.62. The molecule has 1 N–H and O–H groups in total. The fourth-order valence-electron chi connectivity index (χ4n) is 5.44. The second kappa shape index (κ2) is 13.1. The molecule has 0 bridgehead atoms. The van der Waals surface area contributed by atoms with Crippen LogP contribution in [0.5, 0.6) is 5.75 Å². The maximum Gasteiger partial charge on any atom is 0.417 e. The van der Waals surface area contributed by atoms with Gasteiger partial charge in [-0.2, -0.15) is 13.2 Å². The van der Waals surface area contributed by atoms with Gasteiger partial charge >= 0.3 is 6.18 Å². The van der Waals surface area contributed by atoms with Gasteiger partial charge in [-0.1, -0.05) is 12.1 Å². The summed E-state index contributed by atoms with van der Waals surface area (Å²) < 4.78 is 50.5. The van der Waals surface area contributed by atoms with Crippen molar-refractivity contribution in [2.45, 2.75) is 45.3 Å². The number of hydrogen-bond acceptors (Lipinski definition) is 8. The SMILES string of the molecule is COc1ccc(CNc2nc3ccc(C(=O)N(Cc4ccc(C(F)(F)F)cn4)C(C)c4ncccn4)cc3c3c2COCC3)cc1. The molecule has 0 fully saturated rings. The van der Waals surface area contributed by atoms with Crippen molar-refractivity contribution in [3.05, 3.63) is 119 Å². The molecule has 1 unspecified atom stereocenters. The van der Waals surface area contributed by atoms with Crippen LogP contribution in [0, 0.1) is 0 Å². The van der Waals surface area contributed by atoms with Crippen molar-refractivity contribution in [2.24, 2.45) is 0 Å². The molecule has 1 aliphatic heterocycles. The van der Waals surface area contributed by atoms with Crippen molar-refractivity contribution in [1.82, 2.24) is 24.8 Å². The lowest BCUT2D eigenvalue weighted by atomic mass is 9.96. The van der Waals surface area contributed by atoms with Gasteiger partial charge in [-0.15, -0.1) is 0 Å². The Balaban J connectivity index is 1.32. The summed E-state index contributed by atoms with van der Waals surface area (Å²) in [4.78, 5) is 33.2. The maximum absolute atomic E-state index is 14.2. The number of alkyl halides is 3. The fraction of sp³-hybridized carbons (Fsp3) is 0.265. The van der Waals surface area contributed by atoms with Crippen molar-refractivity contribution >= 4 is 22.6 Å². The Morgan fingerprint density at radius 2 is 1.83 bits per heavy atom. The summed E-state index contributed by atoms with van der Waals surface area (Å²) in [5, 5.41) is 4.29. The van der Waals surface area contributed by atoms with Gasteiger partial charge in [-0.3, -0.25) is 9.78 Å². The van der Waals surface area contributed by atoms with E-state index in [-0.39, 0.29) is 12.5 Å². The number of ether oxygens (including phenoxy) is 2. The highest BCUT2D eigenvalue weighted by molar-refractivity contribution is 5.99. The van der Waals surface area contributed by atoms with Gasteiger partial charge in [-0.05, 0) is 73.0 Å². The molecule has 0 spiro atoms. The predicted molar refractivity (Wildman–Crippen MR) is 165 cm³/mol. The molecule has 236 valence electrons. The van der Waals surface area contributed by atoms with Gasteiger partial charge in [0.05, 0.1) is 49.7 Å². The third-order valence-electron chi connectivity index (χ3n) is 7.99. The van der Waals surface area contributed by atoms with Crippen molar-refractivity contribution in [3.63, 3.8) is 0 Å². The Kier molecular flexibility index (Phi) is 8.80. The Labute approximate surface area is 263 Å². The molecule has 5 aromatic rings. The molecular weight excluding hydrogens is 597 g/mol. The Bertz CT molecular complexity index is 1830. The number of nitrogens with one attached hydrogen (secondary N) is 1. The summed E-state index contributed by atoms with van der Waals surface area (Å²) in [6, 6.07) is 16.5. The van der Waals surface area contributed by atoms with Crippen LogP contribution in [0.15, 0.2) is 79.3 Å². The van der Waals surface area contributed by atoms with E-state index in [9.17, 15) is 18.0 Å². The first kappa shape index (κ1) is 30.9. The molecule has 6 rings (SSSR count). The van der Waals surface area contributed by atoms with Crippen molar-refractivity contribution in [1.29, 1.82) is 0 Å². The number of nitrogens with zero attached hydrogens (tertiary/aromatic N) is 5. The monoisotopic (exact) mass is 628 g/mol. The van der Waals surface area contributed by atoms with Gasteiger partial charge in [0.1, 0.15) is 17.4 Å². The molecule has 12 heteroatoms. The zero-order chi connectivity index (χ0) is 32.3. The highest BCUT2D eigenvalue weighted by Gasteiger charge is 2.31. The molecule has 4 heterocycles. The van der Waals surface area contributed by atoms with E-state index in [1.165, 1.54) is 11.0 Å². The van der Waals surface area contributed by atoms with E-state index in [0.717, 1.165) is 51.4 Å². The van der Waals surface area contributed by atoms with Crippen molar-refractivity contribution in [3.8, 4) is 5.75 Å². The number of methoxy groups -OCH3 is 1. The van der Waals surface area contributed by atoms with E-state index in [1.54, 1.807) is 38.6 Å². The molecule has 1 amide bonds. The van der Waals surface area contributed by atoms with Crippen LogP contribution in [0.3, 0.4) is 0 Å². The van der Waals surface area contributed by atoms with Crippen molar-refractivity contribution < 1.29 is 27.4 Å². The first-order valence-corrected chi connectivity index (χ1v) is 14.7. The van der Waals surface area contributed by atoms with Crippen molar-refractivity contribution in [2.75, 3.05) is 19.0 Å². The minimum atomic E-state index is -4.51. The van der Waals surface area contributed by atoms with E-state index in [4.69, 9.17) is 14.5 Å². The third-order valence-corrected chi connectivity index (χ3v) is 7.99. The molecule has 0 saturated heterocycles. The summed E-state index contributed by atoms with van der Waals surface area (Å²) in [7, 11) is 1.63. The summed E-state index contributed by atoms with van der Waals surface area (Å²) >= 11 is 0. The van der Waals surface area contributed by atoms with Gasteiger partial charge in [0.15, 0.2) is 0 Å². The molecule has 1 aliphatic rings. The fourth-order valence-corrected chi connectivity index (χ4v) is 5.44. The van der Waals surface area contributed by atoms with E-state index < -0.39 is 17.8 Å². The number of carbonyl (C=O) groups is 1. The zero-order valence-electron chi connectivity index (χ0n) is 25.2. The normalized spacial score (nSPS) is 13.6. The molecule has 2 aromatic carbocycles. The van der Waals surface area contributed by atoms with Gasteiger partial charge < -0.3 is 19.7 Å². The molecule has 9 nitrogen and oxygen atoms in total. The van der Waals surface area contributed by atoms with Crippen LogP contribution < -0.4 is 10.1 Å². The largest absolute Gasteiger partial charge is 0.497 e. The van der Waals surface area contributed by atoms with Crippen LogP contribution in [0.4, 0.5) is 19.0 Å².